The maximum Gasteiger partial charge on any atom is 0.255 e. The maximum absolute atomic E-state index is 12.4. The molecule has 0 spiro atoms. The first-order chi connectivity index (χ1) is 12.6. The van der Waals surface area contributed by atoms with E-state index in [1.54, 1.807) is 0 Å². The smallest absolute Gasteiger partial charge is 0.255 e. The number of hydrogen-bond donors (Lipinski definition) is 1. The van der Waals surface area contributed by atoms with Crippen LogP contribution in [0.2, 0.25) is 0 Å². The Bertz CT molecular complexity index is 855. The van der Waals surface area contributed by atoms with Crippen LogP contribution < -0.4 is 10.1 Å². The standard InChI is InChI=1S/C23H23NO2/c1-17(2)19-9-6-10-20(15-19)23(25)24-21-11-13-22(14-12-21)26-16-18-7-4-3-5-8-18/h3-15,17H,16H2,1-2H3,(H,24,25). The second-order valence-electron chi connectivity index (χ2n) is 6.53. The van der Waals surface area contributed by atoms with E-state index in [-0.39, 0.29) is 5.91 Å². The molecule has 3 rings (SSSR count). The summed E-state index contributed by atoms with van der Waals surface area (Å²) in [4.78, 5) is 12.4. The highest BCUT2D eigenvalue weighted by atomic mass is 16.5. The zero-order chi connectivity index (χ0) is 18.4. The normalized spacial score (nSPS) is 10.6. The second kappa shape index (κ2) is 8.34. The van der Waals surface area contributed by atoms with Gasteiger partial charge in [-0.3, -0.25) is 4.79 Å². The molecular formula is C23H23NO2. The minimum atomic E-state index is -0.106. The molecular weight excluding hydrogens is 322 g/mol. The predicted molar refractivity (Wildman–Crippen MR) is 106 cm³/mol. The van der Waals surface area contributed by atoms with Crippen molar-refractivity contribution in [2.75, 3.05) is 5.32 Å². The molecule has 3 heteroatoms. The number of nitrogens with one attached hydrogen (secondary N) is 1. The quantitative estimate of drug-likeness (QED) is 0.628. The summed E-state index contributed by atoms with van der Waals surface area (Å²) in [6, 6.07) is 25.2. The Labute approximate surface area is 154 Å². The summed E-state index contributed by atoms with van der Waals surface area (Å²) in [6.07, 6.45) is 0. The monoisotopic (exact) mass is 345 g/mol. The van der Waals surface area contributed by atoms with E-state index in [2.05, 4.69) is 19.2 Å². The van der Waals surface area contributed by atoms with Crippen molar-refractivity contribution in [2.24, 2.45) is 0 Å². The van der Waals surface area contributed by atoms with Crippen molar-refractivity contribution in [1.82, 2.24) is 0 Å². The summed E-state index contributed by atoms with van der Waals surface area (Å²) < 4.78 is 5.77. The summed E-state index contributed by atoms with van der Waals surface area (Å²) in [5.41, 5.74) is 3.69. The highest BCUT2D eigenvalue weighted by molar-refractivity contribution is 6.04. The van der Waals surface area contributed by atoms with E-state index in [4.69, 9.17) is 4.74 Å². The van der Waals surface area contributed by atoms with Gasteiger partial charge in [0.1, 0.15) is 12.4 Å². The Morgan fingerprint density at radius 3 is 2.35 bits per heavy atom. The summed E-state index contributed by atoms with van der Waals surface area (Å²) in [5.74, 6) is 1.06. The molecule has 1 N–H and O–H groups in total. The summed E-state index contributed by atoms with van der Waals surface area (Å²) in [6.45, 7) is 4.75. The number of amides is 1. The first-order valence-electron chi connectivity index (χ1n) is 8.80. The van der Waals surface area contributed by atoms with Crippen molar-refractivity contribution in [1.29, 1.82) is 0 Å². The fraction of sp³-hybridized carbons (Fsp3) is 0.174. The molecule has 0 heterocycles. The minimum absolute atomic E-state index is 0.106. The van der Waals surface area contributed by atoms with Crippen LogP contribution in [-0.2, 0) is 6.61 Å². The molecule has 3 nitrogen and oxygen atoms in total. The van der Waals surface area contributed by atoms with E-state index in [0.717, 1.165) is 22.6 Å². The Hall–Kier alpha value is -3.07. The summed E-state index contributed by atoms with van der Waals surface area (Å²) in [5, 5.41) is 2.93. The summed E-state index contributed by atoms with van der Waals surface area (Å²) in [7, 11) is 0. The van der Waals surface area contributed by atoms with E-state index in [1.165, 1.54) is 0 Å². The van der Waals surface area contributed by atoms with Crippen molar-refractivity contribution >= 4 is 11.6 Å². The molecule has 26 heavy (non-hydrogen) atoms. The van der Waals surface area contributed by atoms with Crippen molar-refractivity contribution in [3.63, 3.8) is 0 Å². The molecule has 0 aromatic heterocycles. The lowest BCUT2D eigenvalue weighted by Crippen LogP contribution is -2.12. The van der Waals surface area contributed by atoms with Gasteiger partial charge < -0.3 is 10.1 Å². The third kappa shape index (κ3) is 4.73. The number of carbonyl (C=O) groups is 1. The first kappa shape index (κ1) is 17.7. The second-order valence-corrected chi connectivity index (χ2v) is 6.53. The third-order valence-electron chi connectivity index (χ3n) is 4.18. The van der Waals surface area contributed by atoms with E-state index in [0.29, 0.717) is 18.1 Å². The third-order valence-corrected chi connectivity index (χ3v) is 4.18. The van der Waals surface area contributed by atoms with Crippen LogP contribution in [0, 0.1) is 0 Å². The predicted octanol–water partition coefficient (Wildman–Crippen LogP) is 5.64. The van der Waals surface area contributed by atoms with Crippen LogP contribution in [0.4, 0.5) is 5.69 Å². The molecule has 132 valence electrons. The lowest BCUT2D eigenvalue weighted by atomic mass is 10.0. The van der Waals surface area contributed by atoms with Gasteiger partial charge in [-0.1, -0.05) is 56.3 Å². The Kier molecular flexibility index (Phi) is 5.69. The van der Waals surface area contributed by atoms with Gasteiger partial charge in [-0.2, -0.15) is 0 Å². The zero-order valence-corrected chi connectivity index (χ0v) is 15.1. The Morgan fingerprint density at radius 2 is 1.65 bits per heavy atom. The highest BCUT2D eigenvalue weighted by Gasteiger charge is 2.08. The molecule has 3 aromatic carbocycles. The topological polar surface area (TPSA) is 38.3 Å². The minimum Gasteiger partial charge on any atom is -0.489 e. The molecule has 0 saturated carbocycles. The average Bonchev–Trinajstić information content (AvgIpc) is 2.68. The lowest BCUT2D eigenvalue weighted by molar-refractivity contribution is 0.102. The van der Waals surface area contributed by atoms with Gasteiger partial charge in [-0.15, -0.1) is 0 Å². The van der Waals surface area contributed by atoms with Gasteiger partial charge in [0.2, 0.25) is 0 Å². The molecule has 1 amide bonds. The number of anilines is 1. The molecule has 3 aromatic rings. The molecule has 0 saturated heterocycles. The number of hydrogen-bond acceptors (Lipinski definition) is 2. The van der Waals surface area contributed by atoms with Gasteiger partial charge in [0.25, 0.3) is 5.91 Å². The van der Waals surface area contributed by atoms with Gasteiger partial charge in [0, 0.05) is 11.3 Å². The van der Waals surface area contributed by atoms with E-state index >= 15 is 0 Å². The van der Waals surface area contributed by atoms with Crippen LogP contribution >= 0.6 is 0 Å². The van der Waals surface area contributed by atoms with Crippen molar-refractivity contribution in [2.45, 2.75) is 26.4 Å². The molecule has 0 bridgehead atoms. The molecule has 0 aliphatic carbocycles. The number of rotatable bonds is 6. The highest BCUT2D eigenvalue weighted by Crippen LogP contribution is 2.19. The molecule has 0 unspecified atom stereocenters. The van der Waals surface area contributed by atoms with Gasteiger partial charge in [-0.25, -0.2) is 0 Å². The van der Waals surface area contributed by atoms with Gasteiger partial charge in [-0.05, 0) is 53.4 Å². The van der Waals surface area contributed by atoms with Crippen molar-refractivity contribution in [3.8, 4) is 5.75 Å². The van der Waals surface area contributed by atoms with Crippen LogP contribution in [0.15, 0.2) is 78.9 Å². The lowest BCUT2D eigenvalue weighted by Gasteiger charge is -2.10. The van der Waals surface area contributed by atoms with Gasteiger partial charge in [0.05, 0.1) is 0 Å². The van der Waals surface area contributed by atoms with Crippen LogP contribution in [-0.4, -0.2) is 5.91 Å². The zero-order valence-electron chi connectivity index (χ0n) is 15.1. The Morgan fingerprint density at radius 1 is 0.923 bits per heavy atom. The van der Waals surface area contributed by atoms with E-state index in [1.807, 2.05) is 78.9 Å². The molecule has 0 fully saturated rings. The van der Waals surface area contributed by atoms with Crippen molar-refractivity contribution < 1.29 is 9.53 Å². The van der Waals surface area contributed by atoms with Gasteiger partial charge >= 0.3 is 0 Å². The van der Waals surface area contributed by atoms with Crippen LogP contribution in [0.25, 0.3) is 0 Å². The largest absolute Gasteiger partial charge is 0.489 e. The van der Waals surface area contributed by atoms with Crippen LogP contribution in [0.1, 0.15) is 41.3 Å². The number of carbonyl (C=O) groups excluding carboxylic acids is 1. The fourth-order valence-corrected chi connectivity index (χ4v) is 2.62. The maximum atomic E-state index is 12.4. The number of benzene rings is 3. The van der Waals surface area contributed by atoms with Crippen molar-refractivity contribution in [3.05, 3.63) is 95.6 Å². The molecule has 0 aliphatic heterocycles. The fourth-order valence-electron chi connectivity index (χ4n) is 2.62. The number of ether oxygens (including phenoxy) is 1. The Balaban J connectivity index is 1.60. The SMILES string of the molecule is CC(C)c1cccc(C(=O)Nc2ccc(OCc3ccccc3)cc2)c1. The van der Waals surface area contributed by atoms with Crippen LogP contribution in [0.3, 0.4) is 0 Å². The average molecular weight is 345 g/mol. The summed E-state index contributed by atoms with van der Waals surface area (Å²) >= 11 is 0. The van der Waals surface area contributed by atoms with E-state index < -0.39 is 0 Å². The van der Waals surface area contributed by atoms with Gasteiger partial charge in [0.15, 0.2) is 0 Å². The first-order valence-corrected chi connectivity index (χ1v) is 8.80. The molecule has 0 aliphatic rings. The van der Waals surface area contributed by atoms with Crippen LogP contribution in [0.5, 0.6) is 5.75 Å². The van der Waals surface area contributed by atoms with E-state index in [9.17, 15) is 4.79 Å². The molecule has 0 radical (unpaired) electrons. The molecule has 0 atom stereocenters.